The van der Waals surface area contributed by atoms with Crippen molar-refractivity contribution in [3.8, 4) is 5.75 Å². The lowest BCUT2D eigenvalue weighted by molar-refractivity contribution is 0.330. The standard InChI is InChI=1S/C13H21NO3S/c1-5-11(4)14-18(15,16)13-9-10(3)7-8-12(13)17-6-2/h7-9,11,14H,5-6H2,1-4H3/t11-/m0/s1. The van der Waals surface area contributed by atoms with Gasteiger partial charge in [-0.25, -0.2) is 13.1 Å². The molecule has 1 atom stereocenters. The molecule has 5 heteroatoms. The predicted octanol–water partition coefficient (Wildman–Crippen LogP) is 2.47. The Bertz CT molecular complexity index is 497. The van der Waals surface area contributed by atoms with Crippen molar-refractivity contribution < 1.29 is 13.2 Å². The monoisotopic (exact) mass is 271 g/mol. The Balaban J connectivity index is 3.17. The maximum atomic E-state index is 12.3. The molecule has 1 aromatic rings. The van der Waals surface area contributed by atoms with E-state index < -0.39 is 10.0 Å². The van der Waals surface area contributed by atoms with Gasteiger partial charge in [0.1, 0.15) is 10.6 Å². The minimum atomic E-state index is -3.52. The highest BCUT2D eigenvalue weighted by atomic mass is 32.2. The zero-order chi connectivity index (χ0) is 13.8. The number of rotatable bonds is 6. The molecule has 0 spiro atoms. The van der Waals surface area contributed by atoms with Gasteiger partial charge in [0.2, 0.25) is 10.0 Å². The van der Waals surface area contributed by atoms with Crippen LogP contribution < -0.4 is 9.46 Å². The number of sulfonamides is 1. The van der Waals surface area contributed by atoms with E-state index in [1.54, 1.807) is 12.1 Å². The van der Waals surface area contributed by atoms with Gasteiger partial charge < -0.3 is 4.74 Å². The number of hydrogen-bond acceptors (Lipinski definition) is 3. The fourth-order valence-corrected chi connectivity index (χ4v) is 3.07. The lowest BCUT2D eigenvalue weighted by Crippen LogP contribution is -2.32. The molecule has 0 saturated heterocycles. The van der Waals surface area contributed by atoms with E-state index in [4.69, 9.17) is 4.74 Å². The van der Waals surface area contributed by atoms with Crippen molar-refractivity contribution in [2.45, 2.75) is 45.1 Å². The summed E-state index contributed by atoms with van der Waals surface area (Å²) in [6.45, 7) is 7.91. The third kappa shape index (κ3) is 3.71. The fraction of sp³-hybridized carbons (Fsp3) is 0.538. The third-order valence-electron chi connectivity index (χ3n) is 2.66. The quantitative estimate of drug-likeness (QED) is 0.864. The molecule has 1 rings (SSSR count). The van der Waals surface area contributed by atoms with Crippen molar-refractivity contribution in [2.24, 2.45) is 0 Å². The smallest absolute Gasteiger partial charge is 0.244 e. The van der Waals surface area contributed by atoms with Crippen molar-refractivity contribution in [1.82, 2.24) is 4.72 Å². The zero-order valence-electron chi connectivity index (χ0n) is 11.4. The first-order valence-corrected chi connectivity index (χ1v) is 7.64. The molecule has 0 heterocycles. The lowest BCUT2D eigenvalue weighted by atomic mass is 10.2. The van der Waals surface area contributed by atoms with Crippen LogP contribution in [0.25, 0.3) is 0 Å². The van der Waals surface area contributed by atoms with E-state index in [0.717, 1.165) is 12.0 Å². The molecule has 1 N–H and O–H groups in total. The highest BCUT2D eigenvalue weighted by molar-refractivity contribution is 7.89. The molecule has 0 unspecified atom stereocenters. The molecule has 0 aromatic heterocycles. The second-order valence-electron chi connectivity index (χ2n) is 4.31. The summed E-state index contributed by atoms with van der Waals surface area (Å²) in [6.07, 6.45) is 0.745. The second-order valence-corrected chi connectivity index (χ2v) is 6.00. The van der Waals surface area contributed by atoms with E-state index >= 15 is 0 Å². The van der Waals surface area contributed by atoms with Crippen LogP contribution in [0.15, 0.2) is 23.1 Å². The molecule has 0 amide bonds. The van der Waals surface area contributed by atoms with E-state index in [2.05, 4.69) is 4.72 Å². The van der Waals surface area contributed by atoms with Crippen LogP contribution in [0.5, 0.6) is 5.75 Å². The molecule has 0 radical (unpaired) electrons. The van der Waals surface area contributed by atoms with Gasteiger partial charge in [-0.3, -0.25) is 0 Å². The highest BCUT2D eigenvalue weighted by Gasteiger charge is 2.21. The van der Waals surface area contributed by atoms with Crippen LogP contribution in [0.3, 0.4) is 0 Å². The van der Waals surface area contributed by atoms with Gasteiger partial charge >= 0.3 is 0 Å². The van der Waals surface area contributed by atoms with Gasteiger partial charge in [0, 0.05) is 6.04 Å². The normalized spacial score (nSPS) is 13.3. The van der Waals surface area contributed by atoms with Gasteiger partial charge in [0.05, 0.1) is 6.61 Å². The van der Waals surface area contributed by atoms with Gasteiger partial charge in [-0.1, -0.05) is 13.0 Å². The number of ether oxygens (including phenoxy) is 1. The predicted molar refractivity (Wildman–Crippen MR) is 72.4 cm³/mol. The third-order valence-corrected chi connectivity index (χ3v) is 4.27. The molecule has 1 aromatic carbocycles. The summed E-state index contributed by atoms with van der Waals surface area (Å²) in [5.74, 6) is 0.402. The molecule has 0 aliphatic rings. The van der Waals surface area contributed by atoms with Crippen molar-refractivity contribution >= 4 is 10.0 Å². The summed E-state index contributed by atoms with van der Waals surface area (Å²) in [5, 5.41) is 0. The largest absolute Gasteiger partial charge is 0.492 e. The fourth-order valence-electron chi connectivity index (χ4n) is 1.51. The Morgan fingerprint density at radius 1 is 1.33 bits per heavy atom. The minimum Gasteiger partial charge on any atom is -0.492 e. The number of aryl methyl sites for hydroxylation is 1. The van der Waals surface area contributed by atoms with Crippen molar-refractivity contribution in [2.75, 3.05) is 6.61 Å². The van der Waals surface area contributed by atoms with Gasteiger partial charge in [-0.2, -0.15) is 0 Å². The van der Waals surface area contributed by atoms with Crippen LogP contribution in [0, 0.1) is 6.92 Å². The highest BCUT2D eigenvalue weighted by Crippen LogP contribution is 2.25. The molecule has 0 aliphatic carbocycles. The zero-order valence-corrected chi connectivity index (χ0v) is 12.2. The average molecular weight is 271 g/mol. The second kappa shape index (κ2) is 6.20. The van der Waals surface area contributed by atoms with E-state index in [-0.39, 0.29) is 10.9 Å². The molecule has 0 bridgehead atoms. The van der Waals surface area contributed by atoms with Gasteiger partial charge in [-0.05, 0) is 44.9 Å². The summed E-state index contributed by atoms with van der Waals surface area (Å²) in [6, 6.07) is 5.08. The van der Waals surface area contributed by atoms with E-state index in [9.17, 15) is 8.42 Å². The molecule has 102 valence electrons. The van der Waals surface area contributed by atoms with Gasteiger partial charge in [0.15, 0.2) is 0 Å². The Morgan fingerprint density at radius 2 is 2.00 bits per heavy atom. The summed E-state index contributed by atoms with van der Waals surface area (Å²) >= 11 is 0. The summed E-state index contributed by atoms with van der Waals surface area (Å²) in [5.41, 5.74) is 0.892. The molecular weight excluding hydrogens is 250 g/mol. The van der Waals surface area contributed by atoms with Crippen molar-refractivity contribution in [3.05, 3.63) is 23.8 Å². The molecule has 0 saturated carbocycles. The number of benzene rings is 1. The molecule has 18 heavy (non-hydrogen) atoms. The maximum absolute atomic E-state index is 12.3. The summed E-state index contributed by atoms with van der Waals surface area (Å²) in [4.78, 5) is 0.213. The SMILES string of the molecule is CCOc1ccc(C)cc1S(=O)(=O)N[C@@H](C)CC. The lowest BCUT2D eigenvalue weighted by Gasteiger charge is -2.15. The Labute approximate surface area is 109 Å². The van der Waals surface area contributed by atoms with Crippen LogP contribution in [0.4, 0.5) is 0 Å². The van der Waals surface area contributed by atoms with Crippen LogP contribution in [-0.2, 0) is 10.0 Å². The first-order valence-electron chi connectivity index (χ1n) is 6.16. The molecule has 0 aliphatic heterocycles. The van der Waals surface area contributed by atoms with Crippen LogP contribution in [0.2, 0.25) is 0 Å². The van der Waals surface area contributed by atoms with Crippen molar-refractivity contribution in [1.29, 1.82) is 0 Å². The molecule has 4 nitrogen and oxygen atoms in total. The van der Waals surface area contributed by atoms with E-state index in [1.807, 2.05) is 33.8 Å². The summed E-state index contributed by atoms with van der Waals surface area (Å²) < 4.78 is 32.5. The number of nitrogens with one attached hydrogen (secondary N) is 1. The average Bonchev–Trinajstić information content (AvgIpc) is 2.31. The maximum Gasteiger partial charge on any atom is 0.244 e. The first kappa shape index (κ1) is 15.0. The van der Waals surface area contributed by atoms with E-state index in [0.29, 0.717) is 12.4 Å². The summed E-state index contributed by atoms with van der Waals surface area (Å²) in [7, 11) is -3.52. The van der Waals surface area contributed by atoms with Crippen LogP contribution >= 0.6 is 0 Å². The van der Waals surface area contributed by atoms with Crippen LogP contribution in [0.1, 0.15) is 32.8 Å². The Hall–Kier alpha value is -1.07. The first-order chi connectivity index (χ1) is 8.40. The van der Waals surface area contributed by atoms with Crippen LogP contribution in [-0.4, -0.2) is 21.1 Å². The van der Waals surface area contributed by atoms with E-state index in [1.165, 1.54) is 0 Å². The number of hydrogen-bond donors (Lipinski definition) is 1. The van der Waals surface area contributed by atoms with Gasteiger partial charge in [0.25, 0.3) is 0 Å². The molecule has 0 fully saturated rings. The van der Waals surface area contributed by atoms with Gasteiger partial charge in [-0.15, -0.1) is 0 Å². The topological polar surface area (TPSA) is 55.4 Å². The Morgan fingerprint density at radius 3 is 2.56 bits per heavy atom. The molecular formula is C13H21NO3S. The Kier molecular flexibility index (Phi) is 5.16. The van der Waals surface area contributed by atoms with Crippen molar-refractivity contribution in [3.63, 3.8) is 0 Å². The minimum absolute atomic E-state index is 0.0926.